The molecule has 1 rings (SSSR count). The molecule has 0 aliphatic carbocycles. The molecule has 76 valence electrons. The van der Waals surface area contributed by atoms with E-state index in [0.29, 0.717) is 6.61 Å². The van der Waals surface area contributed by atoms with Crippen LogP contribution >= 0.6 is 0 Å². The third-order valence-corrected chi connectivity index (χ3v) is 1.61. The van der Waals surface area contributed by atoms with Gasteiger partial charge in [-0.2, -0.15) is 0 Å². The van der Waals surface area contributed by atoms with E-state index in [2.05, 4.69) is 10.1 Å². The number of hydrogen-bond donors (Lipinski definition) is 0. The highest BCUT2D eigenvalue weighted by Crippen LogP contribution is 1.91. The molecule has 0 spiro atoms. The molecule has 1 aromatic rings. The van der Waals surface area contributed by atoms with Crippen LogP contribution < -0.4 is 0 Å². The lowest BCUT2D eigenvalue weighted by molar-refractivity contribution is 0.127. The van der Waals surface area contributed by atoms with Crippen molar-refractivity contribution in [2.75, 3.05) is 27.2 Å². The van der Waals surface area contributed by atoms with Gasteiger partial charge in [-0.3, -0.25) is 4.98 Å². The second-order valence-electron chi connectivity index (χ2n) is 3.15. The molecule has 1 heterocycles. The van der Waals surface area contributed by atoms with Crippen molar-refractivity contribution < 1.29 is 4.84 Å². The molecule has 4 heteroatoms. The Morgan fingerprint density at radius 1 is 1.43 bits per heavy atom. The van der Waals surface area contributed by atoms with E-state index in [1.54, 1.807) is 18.6 Å². The van der Waals surface area contributed by atoms with E-state index in [1.165, 1.54) is 0 Å². The fourth-order valence-corrected chi connectivity index (χ4v) is 0.824. The lowest BCUT2D eigenvalue weighted by atomic mass is 10.3. The Morgan fingerprint density at radius 3 is 2.79 bits per heavy atom. The molecule has 0 saturated carbocycles. The molecule has 4 nitrogen and oxygen atoms in total. The molecule has 0 radical (unpaired) electrons. The van der Waals surface area contributed by atoms with E-state index in [9.17, 15) is 0 Å². The molecule has 0 N–H and O–H groups in total. The summed E-state index contributed by atoms with van der Waals surface area (Å²) >= 11 is 0. The van der Waals surface area contributed by atoms with Gasteiger partial charge in [0.2, 0.25) is 0 Å². The van der Waals surface area contributed by atoms with Gasteiger partial charge in [0.25, 0.3) is 0 Å². The van der Waals surface area contributed by atoms with Gasteiger partial charge < -0.3 is 9.74 Å². The average molecular weight is 193 g/mol. The second-order valence-corrected chi connectivity index (χ2v) is 3.15. The predicted molar refractivity (Wildman–Crippen MR) is 56.3 cm³/mol. The van der Waals surface area contributed by atoms with Crippen LogP contribution in [0, 0.1) is 0 Å². The molecule has 0 atom stereocenters. The number of aromatic nitrogens is 1. The summed E-state index contributed by atoms with van der Waals surface area (Å²) < 4.78 is 0. The van der Waals surface area contributed by atoms with Crippen LogP contribution in [0.15, 0.2) is 29.7 Å². The average Bonchev–Trinajstić information content (AvgIpc) is 2.18. The van der Waals surface area contributed by atoms with Crippen LogP contribution in [0.1, 0.15) is 5.56 Å². The topological polar surface area (TPSA) is 37.7 Å². The zero-order chi connectivity index (χ0) is 10.2. The molecule has 14 heavy (non-hydrogen) atoms. The van der Waals surface area contributed by atoms with Crippen LogP contribution in [0.4, 0.5) is 0 Å². The van der Waals surface area contributed by atoms with Crippen LogP contribution in [-0.4, -0.2) is 43.3 Å². The van der Waals surface area contributed by atoms with Gasteiger partial charge in [0.05, 0.1) is 6.21 Å². The molecule has 1 aromatic heterocycles. The Labute approximate surface area is 84.2 Å². The Morgan fingerprint density at radius 2 is 2.14 bits per heavy atom. The van der Waals surface area contributed by atoms with Crippen molar-refractivity contribution in [2.45, 2.75) is 0 Å². The van der Waals surface area contributed by atoms with E-state index < -0.39 is 0 Å². The fourth-order valence-electron chi connectivity index (χ4n) is 0.824. The Balaban J connectivity index is 2.21. The third-order valence-electron chi connectivity index (χ3n) is 1.61. The fraction of sp³-hybridized carbons (Fsp3) is 0.400. The van der Waals surface area contributed by atoms with Crippen molar-refractivity contribution in [3.63, 3.8) is 0 Å². The summed E-state index contributed by atoms with van der Waals surface area (Å²) in [4.78, 5) is 11.0. The monoisotopic (exact) mass is 193 g/mol. The molecule has 0 aliphatic rings. The van der Waals surface area contributed by atoms with Crippen molar-refractivity contribution in [1.29, 1.82) is 0 Å². The minimum atomic E-state index is 0.606. The number of hydrogen-bond acceptors (Lipinski definition) is 4. The van der Waals surface area contributed by atoms with Crippen molar-refractivity contribution in [3.05, 3.63) is 30.1 Å². The summed E-state index contributed by atoms with van der Waals surface area (Å²) in [5.41, 5.74) is 0.991. The minimum absolute atomic E-state index is 0.606. The van der Waals surface area contributed by atoms with Gasteiger partial charge in [-0.1, -0.05) is 5.16 Å². The van der Waals surface area contributed by atoms with Crippen molar-refractivity contribution in [3.8, 4) is 0 Å². The van der Waals surface area contributed by atoms with E-state index >= 15 is 0 Å². The third kappa shape index (κ3) is 4.57. The maximum absolute atomic E-state index is 5.06. The molecule has 0 amide bonds. The highest BCUT2D eigenvalue weighted by atomic mass is 16.6. The Kier molecular flexibility index (Phi) is 4.64. The summed E-state index contributed by atoms with van der Waals surface area (Å²) in [5, 5.41) is 3.83. The molecule has 0 fully saturated rings. The molecule has 0 bridgehead atoms. The Hall–Kier alpha value is -1.42. The van der Waals surface area contributed by atoms with Gasteiger partial charge in [0, 0.05) is 18.9 Å². The van der Waals surface area contributed by atoms with Crippen LogP contribution in [0.5, 0.6) is 0 Å². The number of nitrogens with zero attached hydrogens (tertiary/aromatic N) is 3. The standard InChI is InChI=1S/C10H15N3O/c1-13(2)7-8-14-12-9-10-3-5-11-6-4-10/h3-6,9H,7-8H2,1-2H3. The molecule has 0 aliphatic heterocycles. The molecular weight excluding hydrogens is 178 g/mol. The van der Waals surface area contributed by atoms with Crippen molar-refractivity contribution in [1.82, 2.24) is 9.88 Å². The van der Waals surface area contributed by atoms with E-state index in [4.69, 9.17) is 4.84 Å². The maximum Gasteiger partial charge on any atom is 0.129 e. The zero-order valence-electron chi connectivity index (χ0n) is 8.55. The summed E-state index contributed by atoms with van der Waals surface area (Å²) in [6.07, 6.45) is 5.12. The van der Waals surface area contributed by atoms with Crippen LogP contribution in [-0.2, 0) is 4.84 Å². The molecule has 0 unspecified atom stereocenters. The normalized spacial score (nSPS) is 11.1. The number of oxime groups is 1. The zero-order valence-corrected chi connectivity index (χ0v) is 8.55. The van der Waals surface area contributed by atoms with Crippen LogP contribution in [0.3, 0.4) is 0 Å². The second kappa shape index (κ2) is 6.10. The Bertz CT molecular complexity index is 272. The highest BCUT2D eigenvalue weighted by Gasteiger charge is 1.88. The number of pyridine rings is 1. The molecule has 0 saturated heterocycles. The first kappa shape index (κ1) is 10.7. The summed E-state index contributed by atoms with van der Waals surface area (Å²) in [6, 6.07) is 3.75. The number of rotatable bonds is 5. The van der Waals surface area contributed by atoms with E-state index in [1.807, 2.05) is 31.1 Å². The summed E-state index contributed by atoms with van der Waals surface area (Å²) in [5.74, 6) is 0. The van der Waals surface area contributed by atoms with Gasteiger partial charge in [-0.25, -0.2) is 0 Å². The minimum Gasteiger partial charge on any atom is -0.394 e. The first-order chi connectivity index (χ1) is 6.79. The van der Waals surface area contributed by atoms with Gasteiger partial charge in [0.15, 0.2) is 0 Å². The van der Waals surface area contributed by atoms with Gasteiger partial charge >= 0.3 is 0 Å². The lowest BCUT2D eigenvalue weighted by Crippen LogP contribution is -2.16. The highest BCUT2D eigenvalue weighted by molar-refractivity contribution is 5.78. The smallest absolute Gasteiger partial charge is 0.129 e. The quantitative estimate of drug-likeness (QED) is 0.397. The maximum atomic E-state index is 5.06. The van der Waals surface area contributed by atoms with E-state index in [0.717, 1.165) is 12.1 Å². The predicted octanol–water partition coefficient (Wildman–Crippen LogP) is 0.994. The van der Waals surface area contributed by atoms with E-state index in [-0.39, 0.29) is 0 Å². The summed E-state index contributed by atoms with van der Waals surface area (Å²) in [7, 11) is 3.99. The lowest BCUT2D eigenvalue weighted by Gasteiger charge is -2.06. The van der Waals surface area contributed by atoms with Crippen molar-refractivity contribution in [2.24, 2.45) is 5.16 Å². The van der Waals surface area contributed by atoms with Gasteiger partial charge in [0.1, 0.15) is 6.61 Å². The van der Waals surface area contributed by atoms with Gasteiger partial charge in [-0.15, -0.1) is 0 Å². The van der Waals surface area contributed by atoms with Crippen LogP contribution in [0.25, 0.3) is 0 Å². The van der Waals surface area contributed by atoms with Crippen LogP contribution in [0.2, 0.25) is 0 Å². The molecular formula is C10H15N3O. The number of likely N-dealkylation sites (N-methyl/N-ethyl adjacent to an activating group) is 1. The first-order valence-corrected chi connectivity index (χ1v) is 4.49. The summed E-state index contributed by atoms with van der Waals surface area (Å²) in [6.45, 7) is 1.47. The van der Waals surface area contributed by atoms with Crippen molar-refractivity contribution >= 4 is 6.21 Å². The van der Waals surface area contributed by atoms with Gasteiger partial charge in [-0.05, 0) is 31.8 Å². The molecule has 0 aromatic carbocycles. The SMILES string of the molecule is CN(C)CCON=Cc1ccncc1. The first-order valence-electron chi connectivity index (χ1n) is 4.49. The largest absolute Gasteiger partial charge is 0.394 e.